The second-order valence-corrected chi connectivity index (χ2v) is 9.04. The van der Waals surface area contributed by atoms with Crippen LogP contribution in [-0.4, -0.2) is 55.3 Å². The van der Waals surface area contributed by atoms with Crippen molar-refractivity contribution in [3.8, 4) is 11.1 Å². The van der Waals surface area contributed by atoms with Crippen LogP contribution in [0.4, 0.5) is 11.8 Å². The second kappa shape index (κ2) is 9.21. The van der Waals surface area contributed by atoms with E-state index in [1.54, 1.807) is 0 Å². The molecule has 5 aromatic rings. The van der Waals surface area contributed by atoms with Crippen molar-refractivity contribution in [3.05, 3.63) is 90.8 Å². The summed E-state index contributed by atoms with van der Waals surface area (Å²) in [5, 5.41) is 4.28. The highest BCUT2D eigenvalue weighted by Crippen LogP contribution is 2.24. The molecule has 0 spiro atoms. The van der Waals surface area contributed by atoms with Gasteiger partial charge in [0.2, 0.25) is 5.95 Å². The quantitative estimate of drug-likeness (QED) is 0.394. The van der Waals surface area contributed by atoms with Crippen molar-refractivity contribution >= 4 is 17.4 Å². The summed E-state index contributed by atoms with van der Waals surface area (Å²) in [7, 11) is 1.93. The van der Waals surface area contributed by atoms with Crippen LogP contribution in [0.2, 0.25) is 0 Å². The number of rotatable bonds is 5. The Kier molecular flexibility index (Phi) is 5.62. The molecule has 0 bridgehead atoms. The molecule has 0 N–H and O–H groups in total. The van der Waals surface area contributed by atoms with Gasteiger partial charge in [-0.05, 0) is 35.2 Å². The summed E-state index contributed by atoms with van der Waals surface area (Å²) in [4.78, 5) is 18.8. The molecule has 1 aliphatic heterocycles. The zero-order chi connectivity index (χ0) is 23.6. The van der Waals surface area contributed by atoms with Crippen molar-refractivity contribution < 1.29 is 0 Å². The SMILES string of the molecule is Cn1cc(-c2ccn3c(N4CCCN(c5ncc(Cc6ccccc6)cn5)CC4)cnc3c2)cn1. The number of aryl methyl sites for hydroxylation is 1. The van der Waals surface area contributed by atoms with E-state index in [0.29, 0.717) is 0 Å². The predicted octanol–water partition coefficient (Wildman–Crippen LogP) is 3.83. The lowest BCUT2D eigenvalue weighted by Gasteiger charge is -2.23. The molecular weight excluding hydrogens is 436 g/mol. The van der Waals surface area contributed by atoms with Crippen LogP contribution in [0.15, 0.2) is 79.6 Å². The third-order valence-electron chi connectivity index (χ3n) is 6.58. The Morgan fingerprint density at radius 1 is 0.771 bits per heavy atom. The lowest BCUT2D eigenvalue weighted by molar-refractivity contribution is 0.768. The molecule has 4 aromatic heterocycles. The van der Waals surface area contributed by atoms with Crippen LogP contribution < -0.4 is 9.80 Å². The van der Waals surface area contributed by atoms with Crippen molar-refractivity contribution in [1.82, 2.24) is 29.1 Å². The molecule has 1 aromatic carbocycles. The van der Waals surface area contributed by atoms with Crippen LogP contribution in [0.25, 0.3) is 16.8 Å². The van der Waals surface area contributed by atoms with Crippen LogP contribution in [0.5, 0.6) is 0 Å². The predicted molar refractivity (Wildman–Crippen MR) is 138 cm³/mol. The third kappa shape index (κ3) is 4.47. The molecular formula is C27H28N8. The summed E-state index contributed by atoms with van der Waals surface area (Å²) in [6.45, 7) is 3.68. The average Bonchev–Trinajstić information content (AvgIpc) is 3.44. The summed E-state index contributed by atoms with van der Waals surface area (Å²) >= 11 is 0. The van der Waals surface area contributed by atoms with Gasteiger partial charge < -0.3 is 9.80 Å². The number of hydrogen-bond donors (Lipinski definition) is 0. The van der Waals surface area contributed by atoms with Crippen LogP contribution in [0.1, 0.15) is 17.5 Å². The van der Waals surface area contributed by atoms with Crippen molar-refractivity contribution in [2.75, 3.05) is 36.0 Å². The summed E-state index contributed by atoms with van der Waals surface area (Å²) in [5.74, 6) is 1.93. The van der Waals surface area contributed by atoms with Gasteiger partial charge in [0, 0.05) is 70.0 Å². The third-order valence-corrected chi connectivity index (χ3v) is 6.58. The van der Waals surface area contributed by atoms with Crippen molar-refractivity contribution in [2.24, 2.45) is 7.05 Å². The smallest absolute Gasteiger partial charge is 0.225 e. The first-order valence-corrected chi connectivity index (χ1v) is 12.0. The number of hydrogen-bond acceptors (Lipinski definition) is 6. The van der Waals surface area contributed by atoms with Gasteiger partial charge in [-0.3, -0.25) is 9.08 Å². The van der Waals surface area contributed by atoms with Crippen LogP contribution >= 0.6 is 0 Å². The lowest BCUT2D eigenvalue weighted by atomic mass is 10.1. The van der Waals surface area contributed by atoms with E-state index in [0.717, 1.165) is 73.1 Å². The first kappa shape index (κ1) is 21.3. The molecule has 35 heavy (non-hydrogen) atoms. The minimum Gasteiger partial charge on any atom is -0.355 e. The number of aromatic nitrogens is 6. The van der Waals surface area contributed by atoms with Crippen molar-refractivity contribution in [2.45, 2.75) is 12.8 Å². The first-order chi connectivity index (χ1) is 17.2. The normalized spacial score (nSPS) is 14.4. The molecule has 0 aliphatic carbocycles. The zero-order valence-corrected chi connectivity index (χ0v) is 19.8. The van der Waals surface area contributed by atoms with E-state index in [-0.39, 0.29) is 0 Å². The first-order valence-electron chi connectivity index (χ1n) is 12.0. The summed E-state index contributed by atoms with van der Waals surface area (Å²) in [6, 6.07) is 14.7. The van der Waals surface area contributed by atoms with Gasteiger partial charge in [-0.15, -0.1) is 0 Å². The zero-order valence-electron chi connectivity index (χ0n) is 19.8. The molecule has 5 heterocycles. The molecule has 0 radical (unpaired) electrons. The molecule has 8 heteroatoms. The second-order valence-electron chi connectivity index (χ2n) is 9.04. The summed E-state index contributed by atoms with van der Waals surface area (Å²) < 4.78 is 3.99. The highest BCUT2D eigenvalue weighted by Gasteiger charge is 2.20. The van der Waals surface area contributed by atoms with Gasteiger partial charge in [0.05, 0.1) is 12.4 Å². The molecule has 0 saturated carbocycles. The molecule has 1 saturated heterocycles. The number of fused-ring (bicyclic) bond motifs is 1. The molecule has 1 aliphatic rings. The van der Waals surface area contributed by atoms with Gasteiger partial charge in [-0.25, -0.2) is 15.0 Å². The Hall–Kier alpha value is -4.20. The van der Waals surface area contributed by atoms with Gasteiger partial charge in [0.15, 0.2) is 0 Å². The largest absolute Gasteiger partial charge is 0.355 e. The fourth-order valence-electron chi connectivity index (χ4n) is 4.73. The molecule has 1 fully saturated rings. The van der Waals surface area contributed by atoms with E-state index in [9.17, 15) is 0 Å². The van der Waals surface area contributed by atoms with Gasteiger partial charge in [0.1, 0.15) is 11.5 Å². The van der Waals surface area contributed by atoms with E-state index in [2.05, 4.69) is 61.9 Å². The molecule has 8 nitrogen and oxygen atoms in total. The lowest BCUT2D eigenvalue weighted by Crippen LogP contribution is -2.32. The number of pyridine rings is 1. The Labute approximate surface area is 204 Å². The minimum atomic E-state index is 0.808. The maximum atomic E-state index is 4.69. The summed E-state index contributed by atoms with van der Waals surface area (Å²) in [6.07, 6.45) is 13.8. The van der Waals surface area contributed by atoms with Crippen molar-refractivity contribution in [3.63, 3.8) is 0 Å². The number of anilines is 2. The highest BCUT2D eigenvalue weighted by atomic mass is 15.3. The standard InChI is InChI=1S/C27H28N8/c1-32-20-24(18-31-32)23-8-11-35-25(15-23)28-19-26(35)33-9-5-10-34(13-12-33)27-29-16-22(17-30-27)14-21-6-3-2-4-7-21/h2-4,6-8,11,15-20H,5,9-10,12-14H2,1H3. The van der Waals surface area contributed by atoms with E-state index < -0.39 is 0 Å². The van der Waals surface area contributed by atoms with E-state index >= 15 is 0 Å². The number of nitrogens with zero attached hydrogens (tertiary/aromatic N) is 8. The van der Waals surface area contributed by atoms with Gasteiger partial charge in [-0.1, -0.05) is 30.3 Å². The number of benzene rings is 1. The Bertz CT molecular complexity index is 1420. The minimum absolute atomic E-state index is 0.808. The Morgan fingerprint density at radius 2 is 1.57 bits per heavy atom. The highest BCUT2D eigenvalue weighted by molar-refractivity contribution is 5.67. The van der Waals surface area contributed by atoms with E-state index in [1.165, 1.54) is 5.56 Å². The maximum Gasteiger partial charge on any atom is 0.225 e. The van der Waals surface area contributed by atoms with Gasteiger partial charge in [-0.2, -0.15) is 5.10 Å². The van der Waals surface area contributed by atoms with Crippen LogP contribution in [0, 0.1) is 0 Å². The molecule has 176 valence electrons. The monoisotopic (exact) mass is 464 g/mol. The average molecular weight is 465 g/mol. The topological polar surface area (TPSA) is 67.4 Å². The van der Waals surface area contributed by atoms with Crippen LogP contribution in [0.3, 0.4) is 0 Å². The van der Waals surface area contributed by atoms with E-state index in [1.807, 2.05) is 48.8 Å². The molecule has 0 atom stereocenters. The number of imidazole rings is 1. The van der Waals surface area contributed by atoms with Crippen LogP contribution in [-0.2, 0) is 13.5 Å². The summed E-state index contributed by atoms with van der Waals surface area (Å²) in [5.41, 5.74) is 5.57. The molecule has 6 rings (SSSR count). The van der Waals surface area contributed by atoms with E-state index in [4.69, 9.17) is 15.0 Å². The van der Waals surface area contributed by atoms with Gasteiger partial charge >= 0.3 is 0 Å². The Balaban J connectivity index is 1.15. The molecule has 0 amide bonds. The van der Waals surface area contributed by atoms with Gasteiger partial charge in [0.25, 0.3) is 0 Å². The fraction of sp³-hybridized carbons (Fsp3) is 0.259. The maximum absolute atomic E-state index is 4.69. The van der Waals surface area contributed by atoms with Crippen molar-refractivity contribution in [1.29, 1.82) is 0 Å². The molecule has 0 unspecified atom stereocenters. The Morgan fingerprint density at radius 3 is 2.37 bits per heavy atom. The fourth-order valence-corrected chi connectivity index (χ4v) is 4.73.